The van der Waals surface area contributed by atoms with Crippen molar-refractivity contribution in [3.63, 3.8) is 0 Å². The second-order valence-corrected chi connectivity index (χ2v) is 5.99. The summed E-state index contributed by atoms with van der Waals surface area (Å²) < 4.78 is 11.7. The van der Waals surface area contributed by atoms with Crippen molar-refractivity contribution in [3.8, 4) is 0 Å². The molecule has 0 unspecified atom stereocenters. The van der Waals surface area contributed by atoms with Crippen LogP contribution in [0.4, 0.5) is 5.82 Å². The molecule has 2 N–H and O–H groups in total. The normalized spacial score (nSPS) is 21.2. The highest BCUT2D eigenvalue weighted by molar-refractivity contribution is 6.52. The summed E-state index contributed by atoms with van der Waals surface area (Å²) in [4.78, 5) is 4.15. The number of halogens is 1. The van der Waals surface area contributed by atoms with Crippen molar-refractivity contribution >= 4 is 30.6 Å². The highest BCUT2D eigenvalue weighted by atomic mass is 35.5. The molecule has 19 heavy (non-hydrogen) atoms. The van der Waals surface area contributed by atoms with Gasteiger partial charge in [0.2, 0.25) is 0 Å². The van der Waals surface area contributed by atoms with E-state index >= 15 is 0 Å². The lowest BCUT2D eigenvalue weighted by atomic mass is 9.89. The largest absolute Gasteiger partial charge is 0.487 e. The molecule has 1 aromatic heterocycles. The number of hydrogen-bond donors (Lipinski definition) is 1. The number of anilines is 1. The first-order valence-corrected chi connectivity index (χ1v) is 6.55. The lowest BCUT2D eigenvalue weighted by molar-refractivity contribution is 0.00578. The van der Waals surface area contributed by atoms with Crippen LogP contribution in [0.3, 0.4) is 0 Å². The average molecular weight is 281 g/mol. The predicted molar refractivity (Wildman–Crippen MR) is 78.8 cm³/mol. The van der Waals surface area contributed by atoms with Crippen molar-refractivity contribution in [1.29, 1.82) is 0 Å². The molecule has 0 amide bonds. The van der Waals surface area contributed by atoms with Crippen LogP contribution < -0.4 is 5.73 Å². The Labute approximate surface area is 119 Å². The Morgan fingerprint density at radius 1 is 1.21 bits per heavy atom. The van der Waals surface area contributed by atoms with Crippen molar-refractivity contribution in [1.82, 2.24) is 4.98 Å². The van der Waals surface area contributed by atoms with E-state index in [0.29, 0.717) is 16.5 Å². The Morgan fingerprint density at radius 2 is 1.79 bits per heavy atom. The van der Waals surface area contributed by atoms with Gasteiger partial charge in [-0.05, 0) is 45.9 Å². The second-order valence-electron chi connectivity index (χ2n) is 5.59. The molecular weight excluding hydrogens is 262 g/mol. The Bertz CT molecular complexity index is 501. The van der Waals surface area contributed by atoms with E-state index in [4.69, 9.17) is 26.6 Å². The minimum atomic E-state index is -0.413. The van der Waals surface area contributed by atoms with Gasteiger partial charge in [0.25, 0.3) is 0 Å². The van der Waals surface area contributed by atoms with Gasteiger partial charge in [0.15, 0.2) is 0 Å². The molecule has 0 spiro atoms. The first kappa shape index (κ1) is 14.4. The van der Waals surface area contributed by atoms with Gasteiger partial charge in [-0.15, -0.1) is 0 Å². The molecule has 102 valence electrons. The summed E-state index contributed by atoms with van der Waals surface area (Å²) in [5.74, 6) is 2.22. The van der Waals surface area contributed by atoms with Crippen LogP contribution >= 0.6 is 11.6 Å². The van der Waals surface area contributed by atoms with Crippen molar-refractivity contribution in [3.05, 3.63) is 28.8 Å². The third kappa shape index (κ3) is 2.94. The van der Waals surface area contributed by atoms with Crippen LogP contribution in [0.2, 0.25) is 5.02 Å². The molecule has 0 atom stereocenters. The van der Waals surface area contributed by atoms with E-state index in [1.54, 1.807) is 24.2 Å². The topological polar surface area (TPSA) is 57.4 Å². The Morgan fingerprint density at radius 3 is 2.37 bits per heavy atom. The third-order valence-electron chi connectivity index (χ3n) is 3.58. The zero-order valence-electron chi connectivity index (χ0n) is 11.6. The lowest BCUT2D eigenvalue weighted by Gasteiger charge is -2.32. The third-order valence-corrected chi connectivity index (χ3v) is 3.90. The summed E-state index contributed by atoms with van der Waals surface area (Å²) in [6.45, 7) is 8.03. The zero-order chi connectivity index (χ0) is 14.3. The molecule has 0 radical (unpaired) electrons. The molecule has 1 aromatic rings. The van der Waals surface area contributed by atoms with Crippen LogP contribution in [0, 0.1) is 0 Å². The standard InChI is InChI=1S/C13H18BClN2O2/c1-12(2)13(3,4)19-14(18-12)8-7-10-9(15)5-6-11(16)17-10/h5-8H,1-4H3,(H2,16,17)/b8-7+. The van der Waals surface area contributed by atoms with E-state index in [-0.39, 0.29) is 11.2 Å². The Hall–Kier alpha value is -1.04. The highest BCUT2D eigenvalue weighted by Crippen LogP contribution is 2.37. The number of aromatic nitrogens is 1. The minimum Gasteiger partial charge on any atom is -0.400 e. The summed E-state index contributed by atoms with van der Waals surface area (Å²) in [6.07, 6.45) is 1.76. The summed E-state index contributed by atoms with van der Waals surface area (Å²) in [5.41, 5.74) is 5.53. The SMILES string of the molecule is CC1(C)OB(/C=C/c2nc(N)ccc2Cl)OC1(C)C. The summed E-state index contributed by atoms with van der Waals surface area (Å²) in [6, 6.07) is 3.38. The minimum absolute atomic E-state index is 0.352. The van der Waals surface area contributed by atoms with E-state index in [1.165, 1.54) is 0 Å². The molecule has 1 aliphatic heterocycles. The number of hydrogen-bond acceptors (Lipinski definition) is 4. The highest BCUT2D eigenvalue weighted by Gasteiger charge is 2.50. The van der Waals surface area contributed by atoms with Gasteiger partial charge < -0.3 is 15.0 Å². The first-order valence-electron chi connectivity index (χ1n) is 6.17. The van der Waals surface area contributed by atoms with Gasteiger partial charge in [-0.1, -0.05) is 17.6 Å². The summed E-state index contributed by atoms with van der Waals surface area (Å²) >= 11 is 6.04. The van der Waals surface area contributed by atoms with E-state index in [9.17, 15) is 0 Å². The van der Waals surface area contributed by atoms with Crippen LogP contribution in [-0.4, -0.2) is 23.3 Å². The molecular formula is C13H18BClN2O2. The quantitative estimate of drug-likeness (QED) is 0.846. The number of pyridine rings is 1. The van der Waals surface area contributed by atoms with Gasteiger partial charge in [-0.3, -0.25) is 0 Å². The fraction of sp³-hybridized carbons (Fsp3) is 0.462. The van der Waals surface area contributed by atoms with Gasteiger partial charge in [0, 0.05) is 0 Å². The van der Waals surface area contributed by atoms with Crippen LogP contribution in [0.5, 0.6) is 0 Å². The second kappa shape index (κ2) is 4.82. The lowest BCUT2D eigenvalue weighted by Crippen LogP contribution is -2.41. The van der Waals surface area contributed by atoms with E-state index in [1.807, 2.05) is 27.7 Å². The van der Waals surface area contributed by atoms with Crippen LogP contribution in [0.1, 0.15) is 33.4 Å². The van der Waals surface area contributed by atoms with Crippen LogP contribution in [-0.2, 0) is 9.31 Å². The van der Waals surface area contributed by atoms with Gasteiger partial charge in [0.05, 0.1) is 21.9 Å². The maximum atomic E-state index is 6.04. The van der Waals surface area contributed by atoms with Crippen LogP contribution in [0.15, 0.2) is 18.1 Å². The summed E-state index contributed by atoms with van der Waals surface area (Å²) in [5, 5.41) is 0.543. The molecule has 0 bridgehead atoms. The monoisotopic (exact) mass is 280 g/mol. The number of nitrogens with zero attached hydrogens (tertiary/aromatic N) is 1. The van der Waals surface area contributed by atoms with Crippen molar-refractivity contribution < 1.29 is 9.31 Å². The average Bonchev–Trinajstić information content (AvgIpc) is 2.49. The van der Waals surface area contributed by atoms with Gasteiger partial charge in [-0.2, -0.15) is 0 Å². The Balaban J connectivity index is 2.15. The van der Waals surface area contributed by atoms with E-state index in [2.05, 4.69) is 4.98 Å². The maximum absolute atomic E-state index is 6.04. The van der Waals surface area contributed by atoms with E-state index in [0.717, 1.165) is 0 Å². The zero-order valence-corrected chi connectivity index (χ0v) is 12.4. The van der Waals surface area contributed by atoms with Crippen molar-refractivity contribution in [2.45, 2.75) is 38.9 Å². The Kier molecular flexibility index (Phi) is 3.64. The first-order chi connectivity index (χ1) is 8.71. The number of rotatable bonds is 2. The van der Waals surface area contributed by atoms with E-state index < -0.39 is 7.12 Å². The van der Waals surface area contributed by atoms with Gasteiger partial charge >= 0.3 is 7.12 Å². The number of nitrogens with two attached hydrogens (primary N) is 1. The fourth-order valence-electron chi connectivity index (χ4n) is 1.73. The molecule has 4 nitrogen and oxygen atoms in total. The molecule has 1 saturated heterocycles. The molecule has 0 aliphatic carbocycles. The number of nitrogen functional groups attached to an aromatic ring is 1. The predicted octanol–water partition coefficient (Wildman–Crippen LogP) is 2.96. The smallest absolute Gasteiger partial charge is 0.400 e. The molecule has 2 rings (SSSR count). The molecule has 0 saturated carbocycles. The van der Waals surface area contributed by atoms with Crippen molar-refractivity contribution in [2.24, 2.45) is 0 Å². The van der Waals surface area contributed by atoms with Gasteiger partial charge in [0.1, 0.15) is 5.82 Å². The van der Waals surface area contributed by atoms with Crippen molar-refractivity contribution in [2.75, 3.05) is 5.73 Å². The van der Waals surface area contributed by atoms with Crippen LogP contribution in [0.25, 0.3) is 6.08 Å². The molecule has 1 fully saturated rings. The summed E-state index contributed by atoms with van der Waals surface area (Å²) in [7, 11) is -0.413. The molecule has 2 heterocycles. The molecule has 1 aliphatic rings. The maximum Gasteiger partial charge on any atom is 0.487 e. The molecule has 0 aromatic carbocycles. The fourth-order valence-corrected chi connectivity index (χ4v) is 1.90. The van der Waals surface area contributed by atoms with Gasteiger partial charge in [-0.25, -0.2) is 4.98 Å². The molecule has 6 heteroatoms.